The van der Waals surface area contributed by atoms with Gasteiger partial charge in [-0.25, -0.2) is 17.6 Å². The van der Waals surface area contributed by atoms with Gasteiger partial charge in [0.05, 0.1) is 46.2 Å². The number of carbonyl (C=O) groups is 1. The lowest BCUT2D eigenvalue weighted by Gasteiger charge is -2.41. The van der Waals surface area contributed by atoms with Gasteiger partial charge in [0.2, 0.25) is 0 Å². The fourth-order valence-corrected chi connectivity index (χ4v) is 9.19. The van der Waals surface area contributed by atoms with E-state index in [1.807, 2.05) is 4.90 Å². The minimum absolute atomic E-state index is 0.0619. The Bertz CT molecular complexity index is 2500. The Morgan fingerprint density at radius 1 is 1.11 bits per heavy atom. The molecule has 3 aromatic heterocycles. The summed E-state index contributed by atoms with van der Waals surface area (Å²) >= 11 is 0. The maximum Gasteiger partial charge on any atom is 0.319 e. The summed E-state index contributed by atoms with van der Waals surface area (Å²) in [5.41, 5.74) is -0.161. The molecule has 15 heteroatoms. The van der Waals surface area contributed by atoms with Crippen LogP contribution in [0.4, 0.5) is 23.4 Å². The van der Waals surface area contributed by atoms with Gasteiger partial charge >= 0.3 is 6.01 Å². The van der Waals surface area contributed by atoms with E-state index in [1.54, 1.807) is 11.8 Å². The first-order chi connectivity index (χ1) is 27.0. The molecule has 286 valence electrons. The van der Waals surface area contributed by atoms with Crippen molar-refractivity contribution in [2.24, 2.45) is 0 Å². The highest BCUT2D eigenvalue weighted by atomic mass is 19.1. The number of carbonyl (C=O) groups excluding carboxylic acids is 1. The molecule has 0 saturated carbocycles. The number of piperazine rings is 1. The smallest absolute Gasteiger partial charge is 0.319 e. The topological polar surface area (TPSA) is 121 Å². The van der Waals surface area contributed by atoms with E-state index in [1.165, 1.54) is 42.9 Å². The number of hydrogen-bond donors (Lipinski definition) is 1. The fourth-order valence-electron chi connectivity index (χ4n) is 9.19. The van der Waals surface area contributed by atoms with Gasteiger partial charge in [0.15, 0.2) is 11.6 Å². The van der Waals surface area contributed by atoms with Crippen molar-refractivity contribution < 1.29 is 32.2 Å². The number of aromatic hydroxyl groups is 1. The summed E-state index contributed by atoms with van der Waals surface area (Å²) in [6, 6.07) is 4.37. The van der Waals surface area contributed by atoms with Crippen molar-refractivity contribution in [3.63, 3.8) is 0 Å². The van der Waals surface area contributed by atoms with Crippen LogP contribution in [0.3, 0.4) is 0 Å². The molecule has 0 aliphatic carbocycles. The number of rotatable bonds is 7. The van der Waals surface area contributed by atoms with E-state index >= 15 is 8.78 Å². The lowest BCUT2D eigenvalue weighted by Crippen LogP contribution is -2.56. The first kappa shape index (κ1) is 35.8. The molecule has 56 heavy (non-hydrogen) atoms. The maximum atomic E-state index is 17.1. The minimum Gasteiger partial charge on any atom is -0.508 e. The molecule has 4 saturated heterocycles. The second-order valence-electron chi connectivity index (χ2n) is 15.1. The molecule has 4 fully saturated rings. The van der Waals surface area contributed by atoms with Crippen molar-refractivity contribution in [3.05, 3.63) is 77.3 Å². The van der Waals surface area contributed by atoms with Gasteiger partial charge in [0.1, 0.15) is 41.4 Å². The average molecular weight is 765 g/mol. The normalized spacial score (nSPS) is 23.6. The van der Waals surface area contributed by atoms with Crippen LogP contribution >= 0.6 is 0 Å². The quantitative estimate of drug-likeness (QED) is 0.119. The number of pyridine rings is 1. The van der Waals surface area contributed by atoms with Gasteiger partial charge in [0, 0.05) is 55.5 Å². The summed E-state index contributed by atoms with van der Waals surface area (Å²) in [5.74, 6) is -0.847. The summed E-state index contributed by atoms with van der Waals surface area (Å²) in [7, 11) is 0. The van der Waals surface area contributed by atoms with Crippen molar-refractivity contribution in [2.45, 2.75) is 62.8 Å². The van der Waals surface area contributed by atoms with Crippen LogP contribution in [0.2, 0.25) is 0 Å². The Kier molecular flexibility index (Phi) is 8.76. The SMILES string of the molecule is C#Cc1c(F)ccc2cc(O)cc(-c3ncc4c(N5CC6CCC(C5)N6C(=O)/C(F)=C/c5cncc(C)n5)nc(OC[C@@]56CCCN5CC(F)C6)nc4c3F)c12. The molecule has 11 nitrogen and oxygen atoms in total. The van der Waals surface area contributed by atoms with Gasteiger partial charge in [-0.2, -0.15) is 9.97 Å². The Hall–Kier alpha value is -5.88. The summed E-state index contributed by atoms with van der Waals surface area (Å²) in [6.07, 6.45) is 13.3. The van der Waals surface area contributed by atoms with Crippen molar-refractivity contribution in [1.29, 1.82) is 0 Å². The van der Waals surface area contributed by atoms with Crippen molar-refractivity contribution in [3.8, 4) is 35.4 Å². The van der Waals surface area contributed by atoms with Crippen LogP contribution in [0, 0.1) is 30.9 Å². The zero-order chi connectivity index (χ0) is 38.9. The fraction of sp³-hybridized carbons (Fsp3) is 0.366. The van der Waals surface area contributed by atoms with E-state index in [4.69, 9.17) is 16.1 Å². The van der Waals surface area contributed by atoms with E-state index in [-0.39, 0.29) is 70.3 Å². The van der Waals surface area contributed by atoms with Crippen LogP contribution in [0.15, 0.2) is 48.7 Å². The molecule has 9 rings (SSSR count). The van der Waals surface area contributed by atoms with Crippen molar-refractivity contribution in [1.82, 2.24) is 34.7 Å². The number of aromatic nitrogens is 5. The first-order valence-corrected chi connectivity index (χ1v) is 18.6. The molecule has 0 radical (unpaired) electrons. The Labute approximate surface area is 319 Å². The zero-order valence-corrected chi connectivity index (χ0v) is 30.4. The van der Waals surface area contributed by atoms with Crippen LogP contribution < -0.4 is 9.64 Å². The molecule has 4 aliphatic heterocycles. The lowest BCUT2D eigenvalue weighted by molar-refractivity contribution is -0.131. The molecule has 1 N–H and O–H groups in total. The van der Waals surface area contributed by atoms with Crippen LogP contribution in [-0.2, 0) is 4.79 Å². The van der Waals surface area contributed by atoms with E-state index < -0.39 is 47.2 Å². The van der Waals surface area contributed by atoms with Crippen molar-refractivity contribution >= 4 is 39.5 Å². The van der Waals surface area contributed by atoms with E-state index in [2.05, 4.69) is 30.8 Å². The number of fused-ring (bicyclic) bond motifs is 5. The zero-order valence-electron chi connectivity index (χ0n) is 30.4. The lowest BCUT2D eigenvalue weighted by atomic mass is 9.95. The van der Waals surface area contributed by atoms with Crippen LogP contribution in [0.1, 0.15) is 49.1 Å². The van der Waals surface area contributed by atoms with Gasteiger partial charge in [-0.05, 0) is 62.7 Å². The van der Waals surface area contributed by atoms with Gasteiger partial charge in [-0.3, -0.25) is 24.6 Å². The Morgan fingerprint density at radius 3 is 2.68 bits per heavy atom. The van der Waals surface area contributed by atoms with Gasteiger partial charge < -0.3 is 19.6 Å². The number of amides is 1. The van der Waals surface area contributed by atoms with E-state index in [9.17, 15) is 18.7 Å². The second-order valence-corrected chi connectivity index (χ2v) is 15.1. The number of phenols is 1. The number of terminal acetylenes is 1. The Balaban J connectivity index is 1.11. The highest BCUT2D eigenvalue weighted by molar-refractivity contribution is 6.03. The van der Waals surface area contributed by atoms with Gasteiger partial charge in [-0.15, -0.1) is 6.42 Å². The number of alkyl halides is 1. The number of benzene rings is 2. The molecule has 4 atom stereocenters. The monoisotopic (exact) mass is 764 g/mol. The summed E-state index contributed by atoms with van der Waals surface area (Å²) < 4.78 is 68.4. The van der Waals surface area contributed by atoms with E-state index in [0.717, 1.165) is 25.5 Å². The molecule has 0 spiro atoms. The minimum atomic E-state index is -0.994. The third kappa shape index (κ3) is 6.03. The molecule has 3 unspecified atom stereocenters. The molecule has 4 aliphatic rings. The largest absolute Gasteiger partial charge is 0.508 e. The molecule has 2 bridgehead atoms. The number of ether oxygens (including phenoxy) is 1. The van der Waals surface area contributed by atoms with Gasteiger partial charge in [-0.1, -0.05) is 12.0 Å². The van der Waals surface area contributed by atoms with Crippen molar-refractivity contribution in [2.75, 3.05) is 37.7 Å². The first-order valence-electron chi connectivity index (χ1n) is 18.6. The number of halogens is 4. The number of aryl methyl sites for hydroxylation is 1. The van der Waals surface area contributed by atoms with Crippen LogP contribution in [0.25, 0.3) is 39.0 Å². The highest BCUT2D eigenvalue weighted by Crippen LogP contribution is 2.43. The molecule has 7 heterocycles. The highest BCUT2D eigenvalue weighted by Gasteiger charge is 2.50. The summed E-state index contributed by atoms with van der Waals surface area (Å²) in [4.78, 5) is 41.1. The van der Waals surface area contributed by atoms with Gasteiger partial charge in [0.25, 0.3) is 5.91 Å². The summed E-state index contributed by atoms with van der Waals surface area (Å²) in [6.45, 7) is 3.37. The number of phenolic OH excluding ortho intramolecular Hbond substituents is 1. The van der Waals surface area contributed by atoms with Crippen LogP contribution in [0.5, 0.6) is 11.8 Å². The summed E-state index contributed by atoms with van der Waals surface area (Å²) in [5, 5.41) is 11.4. The molecular weight excluding hydrogens is 728 g/mol. The average Bonchev–Trinajstić information content (AvgIpc) is 3.79. The third-order valence-corrected chi connectivity index (χ3v) is 11.6. The second kappa shape index (κ2) is 13.7. The van der Waals surface area contributed by atoms with Crippen LogP contribution in [-0.4, -0.2) is 102 Å². The molecule has 5 aromatic rings. The Morgan fingerprint density at radius 2 is 1.91 bits per heavy atom. The predicted octanol–water partition coefficient (Wildman–Crippen LogP) is 6.05. The number of hydrogen-bond acceptors (Lipinski definition) is 10. The number of nitrogens with zero attached hydrogens (tertiary/aromatic N) is 8. The molecular formula is C41H36F4N8O3. The maximum absolute atomic E-state index is 17.1. The molecule has 1 amide bonds. The number of anilines is 1. The standard InChI is InChI=1S/C41H36F4N8O3/c1-3-29-32(43)8-5-23-11-28(54)13-30(34(23)29)36-35(45)37-31(17-47-36)38(50-40(49-37)56-21-41-9-4-10-52(41)18-24(42)14-41)51-19-26-6-7-27(20-51)53(26)39(55)33(44)12-25-16-46-15-22(2)48-25/h1,5,8,11-13,15-17,24,26-27,54H,4,6-7,9-10,14,18-21H2,2H3/b33-12-/t24?,26?,27?,41-/m0/s1. The van der Waals surface area contributed by atoms with E-state index in [0.29, 0.717) is 42.7 Å². The third-order valence-electron chi connectivity index (χ3n) is 11.6. The molecule has 2 aromatic carbocycles. The predicted molar refractivity (Wildman–Crippen MR) is 200 cm³/mol.